The molecule has 2 heterocycles. The SMILES string of the molecule is CC(C)Oc1ccccc1NC(=O)c1ccc(N(C)CCc2ccncc2)nn1. The second-order valence-corrected chi connectivity index (χ2v) is 6.92. The molecule has 0 bridgehead atoms. The van der Waals surface area contributed by atoms with Gasteiger partial charge in [0.15, 0.2) is 11.5 Å². The summed E-state index contributed by atoms with van der Waals surface area (Å²) >= 11 is 0. The topological polar surface area (TPSA) is 80.2 Å². The van der Waals surface area contributed by atoms with E-state index < -0.39 is 0 Å². The van der Waals surface area contributed by atoms with Crippen LogP contribution in [0, 0.1) is 0 Å². The van der Waals surface area contributed by atoms with Gasteiger partial charge >= 0.3 is 0 Å². The minimum absolute atomic E-state index is 0.00909. The largest absolute Gasteiger partial charge is 0.489 e. The lowest BCUT2D eigenvalue weighted by atomic mass is 10.2. The maximum atomic E-state index is 12.6. The molecule has 1 N–H and O–H groups in total. The molecular formula is C22H25N5O2. The highest BCUT2D eigenvalue weighted by Gasteiger charge is 2.13. The number of likely N-dealkylation sites (N-methyl/N-ethyl adjacent to an activating group) is 1. The molecule has 1 aromatic carbocycles. The Labute approximate surface area is 170 Å². The first-order valence-electron chi connectivity index (χ1n) is 9.53. The van der Waals surface area contributed by atoms with Crippen LogP contribution in [0.1, 0.15) is 29.9 Å². The van der Waals surface area contributed by atoms with Crippen LogP contribution < -0.4 is 15.0 Å². The molecule has 0 saturated carbocycles. The van der Waals surface area contributed by atoms with E-state index in [4.69, 9.17) is 4.74 Å². The number of rotatable bonds is 8. The zero-order valence-electron chi connectivity index (χ0n) is 16.9. The first kappa shape index (κ1) is 20.3. The van der Waals surface area contributed by atoms with Gasteiger partial charge in [-0.05, 0) is 62.2 Å². The fraction of sp³-hybridized carbons (Fsp3) is 0.273. The first-order chi connectivity index (χ1) is 14.0. The molecule has 0 aliphatic heterocycles. The van der Waals surface area contributed by atoms with Gasteiger partial charge in [0.1, 0.15) is 5.75 Å². The summed E-state index contributed by atoms with van der Waals surface area (Å²) < 4.78 is 5.73. The number of carbonyl (C=O) groups is 1. The zero-order chi connectivity index (χ0) is 20.6. The molecule has 3 aromatic rings. The van der Waals surface area contributed by atoms with Gasteiger partial charge in [-0.2, -0.15) is 0 Å². The summed E-state index contributed by atoms with van der Waals surface area (Å²) in [6.45, 7) is 4.66. The van der Waals surface area contributed by atoms with Crippen molar-refractivity contribution in [1.82, 2.24) is 15.2 Å². The van der Waals surface area contributed by atoms with Crippen LogP contribution in [0.25, 0.3) is 0 Å². The second-order valence-electron chi connectivity index (χ2n) is 6.92. The maximum absolute atomic E-state index is 12.6. The van der Waals surface area contributed by atoms with Crippen molar-refractivity contribution in [1.29, 1.82) is 0 Å². The van der Waals surface area contributed by atoms with Gasteiger partial charge in [-0.3, -0.25) is 9.78 Å². The number of benzene rings is 1. The number of nitrogens with zero attached hydrogens (tertiary/aromatic N) is 4. The highest BCUT2D eigenvalue weighted by molar-refractivity contribution is 6.03. The lowest BCUT2D eigenvalue weighted by molar-refractivity contribution is 0.102. The molecule has 0 aliphatic rings. The van der Waals surface area contributed by atoms with Crippen LogP contribution in [0.2, 0.25) is 0 Å². The van der Waals surface area contributed by atoms with Gasteiger partial charge in [0.2, 0.25) is 0 Å². The molecule has 0 spiro atoms. The molecule has 7 heteroatoms. The van der Waals surface area contributed by atoms with Crippen LogP contribution in [-0.2, 0) is 6.42 Å². The van der Waals surface area contributed by atoms with Gasteiger partial charge in [-0.15, -0.1) is 10.2 Å². The number of carbonyl (C=O) groups excluding carboxylic acids is 1. The van der Waals surface area contributed by atoms with Crippen molar-refractivity contribution in [3.05, 3.63) is 72.2 Å². The molecule has 7 nitrogen and oxygen atoms in total. The van der Waals surface area contributed by atoms with Gasteiger partial charge in [0.05, 0.1) is 11.8 Å². The predicted molar refractivity (Wildman–Crippen MR) is 113 cm³/mol. The van der Waals surface area contributed by atoms with E-state index in [0.717, 1.165) is 13.0 Å². The summed E-state index contributed by atoms with van der Waals surface area (Å²) in [6.07, 6.45) is 4.45. The number of hydrogen-bond donors (Lipinski definition) is 1. The Hall–Kier alpha value is -3.48. The van der Waals surface area contributed by atoms with Crippen molar-refractivity contribution in [3.8, 4) is 5.75 Å². The molecule has 1 amide bonds. The molecule has 0 unspecified atom stereocenters. The van der Waals surface area contributed by atoms with E-state index in [1.165, 1.54) is 5.56 Å². The standard InChI is InChI=1S/C22H25N5O2/c1-16(2)29-20-7-5-4-6-18(20)24-22(28)19-8-9-21(26-25-19)27(3)15-12-17-10-13-23-14-11-17/h4-11,13-14,16H,12,15H2,1-3H3,(H,24,28). The van der Waals surface area contributed by atoms with Crippen molar-refractivity contribution in [2.75, 3.05) is 23.8 Å². The average Bonchev–Trinajstić information content (AvgIpc) is 2.74. The molecule has 29 heavy (non-hydrogen) atoms. The Morgan fingerprint density at radius 3 is 2.52 bits per heavy atom. The molecule has 0 saturated heterocycles. The lowest BCUT2D eigenvalue weighted by Crippen LogP contribution is -2.23. The summed E-state index contributed by atoms with van der Waals surface area (Å²) in [5.41, 5.74) is 2.06. The number of pyridine rings is 1. The van der Waals surface area contributed by atoms with Crippen molar-refractivity contribution in [3.63, 3.8) is 0 Å². The highest BCUT2D eigenvalue weighted by Crippen LogP contribution is 2.25. The van der Waals surface area contributed by atoms with E-state index in [1.54, 1.807) is 30.6 Å². The summed E-state index contributed by atoms with van der Waals surface area (Å²) in [4.78, 5) is 18.6. The number of amides is 1. The van der Waals surface area contributed by atoms with Gasteiger partial charge in [-0.1, -0.05) is 12.1 Å². The Balaban J connectivity index is 1.62. The Bertz CT molecular complexity index is 929. The number of aromatic nitrogens is 3. The predicted octanol–water partition coefficient (Wildman–Crippen LogP) is 3.59. The van der Waals surface area contributed by atoms with E-state index in [-0.39, 0.29) is 17.7 Å². The van der Waals surface area contributed by atoms with Crippen molar-refractivity contribution < 1.29 is 9.53 Å². The van der Waals surface area contributed by atoms with Crippen molar-refractivity contribution in [2.24, 2.45) is 0 Å². The van der Waals surface area contributed by atoms with Gasteiger partial charge in [0.25, 0.3) is 5.91 Å². The molecule has 0 aliphatic carbocycles. The fourth-order valence-corrected chi connectivity index (χ4v) is 2.72. The van der Waals surface area contributed by atoms with E-state index in [2.05, 4.69) is 20.5 Å². The fourth-order valence-electron chi connectivity index (χ4n) is 2.72. The number of nitrogens with one attached hydrogen (secondary N) is 1. The summed E-state index contributed by atoms with van der Waals surface area (Å²) in [5, 5.41) is 11.1. The summed E-state index contributed by atoms with van der Waals surface area (Å²) in [6, 6.07) is 14.8. The normalized spacial score (nSPS) is 10.6. The van der Waals surface area contributed by atoms with Gasteiger partial charge < -0.3 is 15.0 Å². The molecule has 0 fully saturated rings. The van der Waals surface area contributed by atoms with Crippen molar-refractivity contribution in [2.45, 2.75) is 26.4 Å². The molecule has 0 radical (unpaired) electrons. The van der Waals surface area contributed by atoms with Crippen molar-refractivity contribution >= 4 is 17.4 Å². The average molecular weight is 391 g/mol. The summed E-state index contributed by atoms with van der Waals surface area (Å²) in [5.74, 6) is 0.999. The van der Waals surface area contributed by atoms with Crippen LogP contribution in [0.4, 0.5) is 11.5 Å². The zero-order valence-corrected chi connectivity index (χ0v) is 16.9. The smallest absolute Gasteiger partial charge is 0.276 e. The van der Waals surface area contributed by atoms with Gasteiger partial charge in [-0.25, -0.2) is 0 Å². The number of para-hydroxylation sites is 2. The molecule has 3 rings (SSSR count). The third-order valence-electron chi connectivity index (χ3n) is 4.26. The number of ether oxygens (including phenoxy) is 1. The lowest BCUT2D eigenvalue weighted by Gasteiger charge is -2.17. The molecular weight excluding hydrogens is 366 g/mol. The van der Waals surface area contributed by atoms with E-state index >= 15 is 0 Å². The molecule has 2 aromatic heterocycles. The quantitative estimate of drug-likeness (QED) is 0.632. The summed E-state index contributed by atoms with van der Waals surface area (Å²) in [7, 11) is 1.95. The van der Waals surface area contributed by atoms with E-state index in [9.17, 15) is 4.79 Å². The van der Waals surface area contributed by atoms with E-state index in [1.807, 2.05) is 56.1 Å². The highest BCUT2D eigenvalue weighted by atomic mass is 16.5. The number of hydrogen-bond acceptors (Lipinski definition) is 6. The Morgan fingerprint density at radius 2 is 1.83 bits per heavy atom. The number of anilines is 2. The van der Waals surface area contributed by atoms with Crippen LogP contribution in [0.3, 0.4) is 0 Å². The third kappa shape index (κ3) is 5.75. The minimum Gasteiger partial charge on any atom is -0.489 e. The molecule has 150 valence electrons. The first-order valence-corrected chi connectivity index (χ1v) is 9.53. The monoisotopic (exact) mass is 391 g/mol. The Morgan fingerprint density at radius 1 is 1.07 bits per heavy atom. The maximum Gasteiger partial charge on any atom is 0.276 e. The third-order valence-corrected chi connectivity index (χ3v) is 4.26. The second kappa shape index (κ2) is 9.64. The van der Waals surface area contributed by atoms with Gasteiger partial charge in [0, 0.05) is 26.0 Å². The van der Waals surface area contributed by atoms with Crippen LogP contribution in [-0.4, -0.2) is 40.8 Å². The minimum atomic E-state index is -0.330. The molecule has 0 atom stereocenters. The van der Waals surface area contributed by atoms with Crippen LogP contribution in [0.15, 0.2) is 60.9 Å². The van der Waals surface area contributed by atoms with E-state index in [0.29, 0.717) is 17.3 Å². The van der Waals surface area contributed by atoms with Crippen LogP contribution >= 0.6 is 0 Å². The van der Waals surface area contributed by atoms with Crippen LogP contribution in [0.5, 0.6) is 5.75 Å². The Kier molecular flexibility index (Phi) is 6.73.